The fourth-order valence-corrected chi connectivity index (χ4v) is 3.04. The maximum atomic E-state index is 12.1. The monoisotopic (exact) mass is 343 g/mol. The van der Waals surface area contributed by atoms with Crippen molar-refractivity contribution in [3.05, 3.63) is 50.1 Å². The van der Waals surface area contributed by atoms with Crippen molar-refractivity contribution in [2.24, 2.45) is 0 Å². The molecule has 0 bridgehead atoms. The van der Waals surface area contributed by atoms with Gasteiger partial charge in [-0.05, 0) is 51.3 Å². The number of aliphatic hydroxyl groups is 1. The molecule has 0 aliphatic heterocycles. The van der Waals surface area contributed by atoms with E-state index in [1.54, 1.807) is 13.8 Å². The van der Waals surface area contributed by atoms with E-state index in [0.29, 0.717) is 17.5 Å². The zero-order valence-electron chi connectivity index (χ0n) is 14.8. The van der Waals surface area contributed by atoms with Crippen molar-refractivity contribution in [2.75, 3.05) is 0 Å². The minimum Gasteiger partial charge on any atom is -0.506 e. The van der Waals surface area contributed by atoms with E-state index in [2.05, 4.69) is 0 Å². The number of rotatable bonds is 3. The summed E-state index contributed by atoms with van der Waals surface area (Å²) in [6.07, 6.45) is 0.920. The molecule has 0 heterocycles. The average Bonchev–Trinajstić information content (AvgIpc) is 2.53. The second-order valence-electron chi connectivity index (χ2n) is 6.44. The number of aliphatic hydroxyl groups excluding tert-OH is 1. The zero-order chi connectivity index (χ0) is 18.9. The van der Waals surface area contributed by atoms with E-state index in [-0.39, 0.29) is 47.0 Å². The molecule has 0 unspecified atom stereocenters. The molecule has 0 amide bonds. The lowest BCUT2D eigenvalue weighted by atomic mass is 9.87. The van der Waals surface area contributed by atoms with Gasteiger partial charge in [-0.15, -0.1) is 0 Å². The molecule has 1 aliphatic carbocycles. The zero-order valence-corrected chi connectivity index (χ0v) is 14.8. The number of ketones is 2. The Morgan fingerprint density at radius 1 is 1.12 bits per heavy atom. The Balaban J connectivity index is 2.79. The van der Waals surface area contributed by atoms with E-state index in [0.717, 1.165) is 11.1 Å². The van der Waals surface area contributed by atoms with Gasteiger partial charge in [0.2, 0.25) is 0 Å². The average molecular weight is 343 g/mol. The molecule has 1 saturated carbocycles. The third kappa shape index (κ3) is 3.38. The molecule has 1 N–H and O–H groups in total. The molecule has 1 aromatic rings. The van der Waals surface area contributed by atoms with Crippen molar-refractivity contribution in [1.82, 2.24) is 0 Å². The van der Waals surface area contributed by atoms with Crippen LogP contribution in [-0.2, 0) is 9.59 Å². The number of hydrogen-bond donors (Lipinski definition) is 1. The molecule has 25 heavy (non-hydrogen) atoms. The molecule has 0 atom stereocenters. The number of hydrogen-bond acceptors (Lipinski definition) is 5. The summed E-state index contributed by atoms with van der Waals surface area (Å²) in [5.41, 5.74) is 2.53. The number of nitro benzene ring substituents is 1. The number of nitro groups is 1. The van der Waals surface area contributed by atoms with Gasteiger partial charge in [-0.1, -0.05) is 5.57 Å². The molecule has 0 saturated heterocycles. The quantitative estimate of drug-likeness (QED) is 0.290. The van der Waals surface area contributed by atoms with Crippen LogP contribution in [0, 0.1) is 17.0 Å². The summed E-state index contributed by atoms with van der Waals surface area (Å²) in [5, 5.41) is 22.0. The van der Waals surface area contributed by atoms with Crippen LogP contribution < -0.4 is 0 Å². The van der Waals surface area contributed by atoms with Gasteiger partial charge in [0, 0.05) is 24.5 Å². The highest BCUT2D eigenvalue weighted by Gasteiger charge is 2.29. The van der Waals surface area contributed by atoms with Crippen LogP contribution in [0.1, 0.15) is 56.7 Å². The summed E-state index contributed by atoms with van der Waals surface area (Å²) in [7, 11) is 0. The molecule has 2 rings (SSSR count). The minimum atomic E-state index is -0.473. The van der Waals surface area contributed by atoms with Crippen LogP contribution in [0.15, 0.2) is 23.3 Å². The Bertz CT molecular complexity index is 824. The molecule has 132 valence electrons. The summed E-state index contributed by atoms with van der Waals surface area (Å²) in [6.45, 7) is 7.11. The van der Waals surface area contributed by atoms with Crippen LogP contribution in [0.3, 0.4) is 0 Å². The fourth-order valence-electron chi connectivity index (χ4n) is 3.04. The fraction of sp³-hybridized carbons (Fsp3) is 0.368. The van der Waals surface area contributed by atoms with E-state index >= 15 is 0 Å². The second kappa shape index (κ2) is 7.01. The molecule has 0 aromatic heterocycles. The topological polar surface area (TPSA) is 97.5 Å². The maximum Gasteiger partial charge on any atom is 0.277 e. The first-order valence-corrected chi connectivity index (χ1v) is 8.09. The van der Waals surface area contributed by atoms with Crippen LogP contribution in [0.4, 0.5) is 5.69 Å². The van der Waals surface area contributed by atoms with Crippen molar-refractivity contribution < 1.29 is 19.6 Å². The van der Waals surface area contributed by atoms with Gasteiger partial charge in [0.1, 0.15) is 11.3 Å². The summed E-state index contributed by atoms with van der Waals surface area (Å²) in [6, 6.07) is 2.70. The van der Waals surface area contributed by atoms with Gasteiger partial charge in [-0.25, -0.2) is 0 Å². The van der Waals surface area contributed by atoms with E-state index in [9.17, 15) is 24.8 Å². The van der Waals surface area contributed by atoms with Gasteiger partial charge >= 0.3 is 0 Å². The molecular formula is C19H21NO5. The Morgan fingerprint density at radius 2 is 1.68 bits per heavy atom. The lowest BCUT2D eigenvalue weighted by molar-refractivity contribution is -0.385. The van der Waals surface area contributed by atoms with Crippen LogP contribution in [-0.4, -0.2) is 21.6 Å². The molecule has 0 spiro atoms. The summed E-state index contributed by atoms with van der Waals surface area (Å²) in [5.74, 6) is -1.15. The molecule has 1 fully saturated rings. The van der Waals surface area contributed by atoms with Crippen molar-refractivity contribution in [2.45, 2.75) is 47.0 Å². The smallest absolute Gasteiger partial charge is 0.277 e. The Kier molecular flexibility index (Phi) is 5.21. The number of carbonyl (C=O) groups is 2. The highest BCUT2D eigenvalue weighted by atomic mass is 16.6. The summed E-state index contributed by atoms with van der Waals surface area (Å²) >= 11 is 0. The molecule has 6 nitrogen and oxygen atoms in total. The molecule has 0 radical (unpaired) electrons. The first-order chi connectivity index (χ1) is 11.7. The lowest BCUT2D eigenvalue weighted by Gasteiger charge is -2.17. The number of benzene rings is 1. The van der Waals surface area contributed by atoms with Gasteiger partial charge in [0.05, 0.1) is 10.5 Å². The molecule has 1 aliphatic rings. The van der Waals surface area contributed by atoms with Crippen molar-refractivity contribution in [1.29, 1.82) is 0 Å². The van der Waals surface area contributed by atoms with Gasteiger partial charge < -0.3 is 5.11 Å². The molecule has 1 aromatic carbocycles. The minimum absolute atomic E-state index is 0.0703. The predicted molar refractivity (Wildman–Crippen MR) is 95.2 cm³/mol. The predicted octanol–water partition coefficient (Wildman–Crippen LogP) is 4.31. The second-order valence-corrected chi connectivity index (χ2v) is 6.44. The van der Waals surface area contributed by atoms with Crippen molar-refractivity contribution in [3.63, 3.8) is 0 Å². The van der Waals surface area contributed by atoms with Gasteiger partial charge in [0.15, 0.2) is 11.6 Å². The number of Topliss-reactive ketones (excluding diaryl/α,β-unsaturated/α-hetero) is 2. The van der Waals surface area contributed by atoms with Gasteiger partial charge in [0.25, 0.3) is 5.69 Å². The normalized spacial score (nSPS) is 14.5. The highest BCUT2D eigenvalue weighted by Crippen LogP contribution is 2.36. The van der Waals surface area contributed by atoms with E-state index in [1.165, 1.54) is 12.1 Å². The Labute approximate surface area is 146 Å². The van der Waals surface area contributed by atoms with Crippen LogP contribution in [0.5, 0.6) is 0 Å². The largest absolute Gasteiger partial charge is 0.506 e. The van der Waals surface area contributed by atoms with Gasteiger partial charge in [-0.3, -0.25) is 19.7 Å². The first kappa shape index (κ1) is 18.6. The SMILES string of the molecule is CC(C)=C(C)c1c([N+](=O)[O-])ccc(C(O)=C2C(=O)CCCC2=O)c1C. The highest BCUT2D eigenvalue weighted by molar-refractivity contribution is 6.25. The first-order valence-electron chi connectivity index (χ1n) is 8.09. The van der Waals surface area contributed by atoms with Gasteiger partial charge in [-0.2, -0.15) is 0 Å². The van der Waals surface area contributed by atoms with E-state index in [4.69, 9.17) is 0 Å². The van der Waals surface area contributed by atoms with E-state index in [1.807, 2.05) is 13.8 Å². The maximum absolute atomic E-state index is 12.1. The molecule has 6 heteroatoms. The van der Waals surface area contributed by atoms with E-state index < -0.39 is 4.92 Å². The standard InChI is InChI=1S/C19H21NO5/c1-10(2)11(3)17-12(4)13(8-9-14(17)20(24)25)19(23)18-15(21)6-5-7-16(18)22/h8-9,23H,5-7H2,1-4H3. The Hall–Kier alpha value is -2.76. The number of nitrogens with zero attached hydrogens (tertiary/aromatic N) is 1. The van der Waals surface area contributed by atoms with Crippen molar-refractivity contribution >= 4 is 28.6 Å². The third-order valence-corrected chi connectivity index (χ3v) is 4.62. The third-order valence-electron chi connectivity index (χ3n) is 4.62. The number of carbonyl (C=O) groups excluding carboxylic acids is 2. The van der Waals surface area contributed by atoms with Crippen LogP contribution >= 0.6 is 0 Å². The van der Waals surface area contributed by atoms with Crippen LogP contribution in [0.2, 0.25) is 0 Å². The summed E-state index contributed by atoms with van der Waals surface area (Å²) < 4.78 is 0. The van der Waals surface area contributed by atoms with Crippen LogP contribution in [0.25, 0.3) is 11.3 Å². The lowest BCUT2D eigenvalue weighted by Crippen LogP contribution is -2.20. The molecular weight excluding hydrogens is 322 g/mol. The van der Waals surface area contributed by atoms with Crippen molar-refractivity contribution in [3.8, 4) is 0 Å². The number of allylic oxidation sites excluding steroid dienone is 3. The summed E-state index contributed by atoms with van der Waals surface area (Å²) in [4.78, 5) is 35.1. The Morgan fingerprint density at radius 3 is 2.16 bits per heavy atom.